The van der Waals surface area contributed by atoms with Crippen LogP contribution >= 0.6 is 0 Å². The van der Waals surface area contributed by atoms with E-state index >= 15 is 0 Å². The lowest BCUT2D eigenvalue weighted by Crippen LogP contribution is -2.19. The molecule has 0 aromatic heterocycles. The van der Waals surface area contributed by atoms with Crippen LogP contribution in [0, 0.1) is 11.8 Å². The van der Waals surface area contributed by atoms with Gasteiger partial charge in [-0.25, -0.2) is 0 Å². The molecule has 2 N–H and O–H groups in total. The molecule has 0 amide bonds. The maximum atomic E-state index is 10.9. The second kappa shape index (κ2) is 7.26. The fraction of sp³-hybridized carbons (Fsp3) is 0.818. The highest BCUT2D eigenvalue weighted by Gasteiger charge is 2.22. The lowest BCUT2D eigenvalue weighted by atomic mass is 9.88. The third-order valence-corrected chi connectivity index (χ3v) is 2.64. The van der Waals surface area contributed by atoms with Crippen molar-refractivity contribution < 1.29 is 19.8 Å². The first-order valence-electron chi connectivity index (χ1n) is 5.45. The molecule has 0 aromatic carbocycles. The van der Waals surface area contributed by atoms with Gasteiger partial charge >= 0.3 is 11.9 Å². The van der Waals surface area contributed by atoms with Gasteiger partial charge < -0.3 is 10.2 Å². The minimum atomic E-state index is -0.845. The Labute approximate surface area is 90.3 Å². The summed E-state index contributed by atoms with van der Waals surface area (Å²) in [5.41, 5.74) is 0. The number of rotatable bonds is 8. The molecular formula is C11H20O4. The summed E-state index contributed by atoms with van der Waals surface area (Å²) in [6, 6.07) is 0. The highest BCUT2D eigenvalue weighted by atomic mass is 16.4. The van der Waals surface area contributed by atoms with Gasteiger partial charge in [-0.1, -0.05) is 26.7 Å². The van der Waals surface area contributed by atoms with Crippen LogP contribution in [-0.2, 0) is 9.59 Å². The van der Waals surface area contributed by atoms with Crippen LogP contribution in [0.25, 0.3) is 0 Å². The van der Waals surface area contributed by atoms with Crippen molar-refractivity contribution in [2.24, 2.45) is 11.8 Å². The summed E-state index contributed by atoms with van der Waals surface area (Å²) < 4.78 is 0. The molecule has 0 saturated heterocycles. The van der Waals surface area contributed by atoms with E-state index in [1.165, 1.54) is 0 Å². The molecule has 88 valence electrons. The molecule has 0 aliphatic carbocycles. The molecule has 4 nitrogen and oxygen atoms in total. The maximum Gasteiger partial charge on any atom is 0.306 e. The molecule has 0 fully saturated rings. The van der Waals surface area contributed by atoms with E-state index in [1.807, 2.05) is 13.8 Å². The van der Waals surface area contributed by atoms with Crippen molar-refractivity contribution in [1.29, 1.82) is 0 Å². The Bertz CT molecular complexity index is 213. The van der Waals surface area contributed by atoms with Crippen molar-refractivity contribution >= 4 is 11.9 Å². The zero-order chi connectivity index (χ0) is 11.8. The zero-order valence-corrected chi connectivity index (χ0v) is 9.40. The van der Waals surface area contributed by atoms with E-state index in [9.17, 15) is 9.59 Å². The Hall–Kier alpha value is -1.06. The lowest BCUT2D eigenvalue weighted by molar-refractivity contribution is -0.144. The molecule has 0 radical (unpaired) electrons. The van der Waals surface area contributed by atoms with E-state index in [0.717, 1.165) is 12.8 Å². The Morgan fingerprint density at radius 3 is 2.13 bits per heavy atom. The van der Waals surface area contributed by atoms with Crippen molar-refractivity contribution in [3.05, 3.63) is 0 Å². The first-order valence-corrected chi connectivity index (χ1v) is 5.45. The molecule has 0 bridgehead atoms. The third kappa shape index (κ3) is 6.10. The number of aliphatic carboxylic acids is 2. The third-order valence-electron chi connectivity index (χ3n) is 2.64. The average molecular weight is 216 g/mol. The van der Waals surface area contributed by atoms with Crippen molar-refractivity contribution in [2.75, 3.05) is 0 Å². The topological polar surface area (TPSA) is 74.6 Å². The van der Waals surface area contributed by atoms with Gasteiger partial charge in [0, 0.05) is 6.42 Å². The number of carboxylic acid groups (broad SMARTS) is 2. The van der Waals surface area contributed by atoms with E-state index < -0.39 is 11.9 Å². The quantitative estimate of drug-likeness (QED) is 0.653. The summed E-state index contributed by atoms with van der Waals surface area (Å²) in [5.74, 6) is -2.06. The molecule has 0 rings (SSSR count). The van der Waals surface area contributed by atoms with E-state index in [4.69, 9.17) is 10.2 Å². The van der Waals surface area contributed by atoms with Crippen LogP contribution in [0.3, 0.4) is 0 Å². The van der Waals surface area contributed by atoms with E-state index in [1.54, 1.807) is 0 Å². The SMILES string of the molecule is CCCC(CC(CC)CC(=O)O)C(=O)O. The minimum absolute atomic E-state index is 0.0184. The van der Waals surface area contributed by atoms with Gasteiger partial charge in [-0.3, -0.25) is 9.59 Å². The van der Waals surface area contributed by atoms with Crippen LogP contribution in [0.1, 0.15) is 46.0 Å². The van der Waals surface area contributed by atoms with Gasteiger partial charge in [-0.05, 0) is 18.8 Å². The molecule has 0 aliphatic heterocycles. The highest BCUT2D eigenvalue weighted by molar-refractivity contribution is 5.70. The monoisotopic (exact) mass is 216 g/mol. The predicted molar refractivity (Wildman–Crippen MR) is 56.7 cm³/mol. The second-order valence-electron chi connectivity index (χ2n) is 3.93. The first-order chi connectivity index (χ1) is 7.01. The molecule has 0 saturated carbocycles. The van der Waals surface area contributed by atoms with Gasteiger partial charge in [0.25, 0.3) is 0 Å². The fourth-order valence-electron chi connectivity index (χ4n) is 1.73. The molecule has 0 heterocycles. The van der Waals surface area contributed by atoms with Crippen LogP contribution in [0.4, 0.5) is 0 Å². The Balaban J connectivity index is 4.21. The average Bonchev–Trinajstić information content (AvgIpc) is 2.14. The smallest absolute Gasteiger partial charge is 0.306 e. The molecule has 15 heavy (non-hydrogen) atoms. The van der Waals surface area contributed by atoms with Crippen LogP contribution in [0.15, 0.2) is 0 Å². The number of carboxylic acids is 2. The summed E-state index contributed by atoms with van der Waals surface area (Å²) in [4.78, 5) is 21.4. The number of carbonyl (C=O) groups is 2. The van der Waals surface area contributed by atoms with Crippen LogP contribution in [0.2, 0.25) is 0 Å². The first kappa shape index (κ1) is 13.9. The van der Waals surface area contributed by atoms with Crippen LogP contribution in [-0.4, -0.2) is 22.2 Å². The summed E-state index contributed by atoms with van der Waals surface area (Å²) in [6.07, 6.45) is 2.72. The van der Waals surface area contributed by atoms with Gasteiger partial charge in [0.1, 0.15) is 0 Å². The molecule has 2 atom stereocenters. The Morgan fingerprint density at radius 2 is 1.80 bits per heavy atom. The minimum Gasteiger partial charge on any atom is -0.481 e. The summed E-state index contributed by atoms with van der Waals surface area (Å²) in [7, 11) is 0. The van der Waals surface area contributed by atoms with E-state index in [0.29, 0.717) is 12.8 Å². The van der Waals surface area contributed by atoms with Crippen molar-refractivity contribution in [3.63, 3.8) is 0 Å². The van der Waals surface area contributed by atoms with Crippen LogP contribution in [0.5, 0.6) is 0 Å². The van der Waals surface area contributed by atoms with E-state index in [2.05, 4.69) is 0 Å². The second-order valence-corrected chi connectivity index (χ2v) is 3.93. The molecule has 0 aromatic rings. The van der Waals surface area contributed by atoms with Gasteiger partial charge in [-0.2, -0.15) is 0 Å². The summed E-state index contributed by atoms with van der Waals surface area (Å²) >= 11 is 0. The van der Waals surface area contributed by atoms with Crippen molar-refractivity contribution in [3.8, 4) is 0 Å². The molecule has 0 spiro atoms. The Kier molecular flexibility index (Phi) is 6.75. The summed E-state index contributed by atoms with van der Waals surface area (Å²) in [5, 5.41) is 17.6. The molecule has 2 unspecified atom stereocenters. The molecule has 4 heteroatoms. The Morgan fingerprint density at radius 1 is 1.20 bits per heavy atom. The maximum absolute atomic E-state index is 10.9. The predicted octanol–water partition coefficient (Wildman–Crippen LogP) is 2.38. The normalized spacial score (nSPS) is 14.5. The van der Waals surface area contributed by atoms with Crippen molar-refractivity contribution in [1.82, 2.24) is 0 Å². The number of hydrogen-bond donors (Lipinski definition) is 2. The lowest BCUT2D eigenvalue weighted by Gasteiger charge is -2.17. The fourth-order valence-corrected chi connectivity index (χ4v) is 1.73. The number of hydrogen-bond acceptors (Lipinski definition) is 2. The summed E-state index contributed by atoms with van der Waals surface area (Å²) in [6.45, 7) is 3.84. The standard InChI is InChI=1S/C11H20O4/c1-3-5-9(11(14)15)6-8(4-2)7-10(12)13/h8-9H,3-7H2,1-2H3,(H,12,13)(H,14,15). The van der Waals surface area contributed by atoms with Gasteiger partial charge in [0.2, 0.25) is 0 Å². The van der Waals surface area contributed by atoms with Gasteiger partial charge in [0.05, 0.1) is 5.92 Å². The highest BCUT2D eigenvalue weighted by Crippen LogP contribution is 2.22. The van der Waals surface area contributed by atoms with Crippen LogP contribution < -0.4 is 0 Å². The molecular weight excluding hydrogens is 196 g/mol. The van der Waals surface area contributed by atoms with E-state index in [-0.39, 0.29) is 18.3 Å². The molecule has 0 aliphatic rings. The van der Waals surface area contributed by atoms with Gasteiger partial charge in [-0.15, -0.1) is 0 Å². The van der Waals surface area contributed by atoms with Crippen molar-refractivity contribution in [2.45, 2.75) is 46.0 Å². The van der Waals surface area contributed by atoms with Gasteiger partial charge in [0.15, 0.2) is 0 Å². The zero-order valence-electron chi connectivity index (χ0n) is 9.40. The largest absolute Gasteiger partial charge is 0.481 e.